The molecule has 2 heterocycles. The Morgan fingerprint density at radius 2 is 1.79 bits per heavy atom. The summed E-state index contributed by atoms with van der Waals surface area (Å²) in [5, 5.41) is 6.29. The standard InChI is InChI=1S/C26H33N3O3S/c30-23(17-32-21-9-5-2-6-10-21)29-15-11-19(12-16-29)25-27-22(18-33-25)24(31)28-26(13-14-26)20-7-3-1-4-8-20/h2,5-6,9-10,18-20H,1,3-4,7-8,11-17H2,(H,28,31). The predicted octanol–water partition coefficient (Wildman–Crippen LogP) is 4.77. The monoisotopic (exact) mass is 467 g/mol. The van der Waals surface area contributed by atoms with Crippen LogP contribution in [0.25, 0.3) is 0 Å². The molecule has 2 aliphatic carbocycles. The number of thiazole rings is 1. The van der Waals surface area contributed by atoms with Crippen LogP contribution in [0.2, 0.25) is 0 Å². The van der Waals surface area contributed by atoms with E-state index in [2.05, 4.69) is 5.32 Å². The fourth-order valence-corrected chi connectivity index (χ4v) is 6.39. The zero-order valence-corrected chi connectivity index (χ0v) is 19.9. The lowest BCUT2D eigenvalue weighted by atomic mass is 9.82. The van der Waals surface area contributed by atoms with E-state index in [0.717, 1.165) is 30.7 Å². The van der Waals surface area contributed by atoms with E-state index in [1.807, 2.05) is 40.6 Å². The first-order valence-corrected chi connectivity index (χ1v) is 13.2. The van der Waals surface area contributed by atoms with E-state index in [0.29, 0.717) is 36.4 Å². The van der Waals surface area contributed by atoms with E-state index in [1.54, 1.807) is 11.3 Å². The maximum absolute atomic E-state index is 12.9. The first-order chi connectivity index (χ1) is 16.1. The van der Waals surface area contributed by atoms with Gasteiger partial charge < -0.3 is 15.0 Å². The Morgan fingerprint density at radius 1 is 1.06 bits per heavy atom. The first kappa shape index (κ1) is 22.4. The van der Waals surface area contributed by atoms with Crippen molar-refractivity contribution in [2.45, 2.75) is 69.2 Å². The summed E-state index contributed by atoms with van der Waals surface area (Å²) in [6.07, 6.45) is 10.4. The molecular weight excluding hydrogens is 434 g/mol. The Morgan fingerprint density at radius 3 is 2.48 bits per heavy atom. The molecule has 0 unspecified atom stereocenters. The van der Waals surface area contributed by atoms with Gasteiger partial charge in [0.1, 0.15) is 11.4 Å². The van der Waals surface area contributed by atoms with Crippen molar-refractivity contribution in [3.8, 4) is 5.75 Å². The summed E-state index contributed by atoms with van der Waals surface area (Å²) < 4.78 is 5.60. The van der Waals surface area contributed by atoms with Gasteiger partial charge in [-0.1, -0.05) is 37.5 Å². The van der Waals surface area contributed by atoms with Crippen LogP contribution in [0.15, 0.2) is 35.7 Å². The van der Waals surface area contributed by atoms with E-state index in [-0.39, 0.29) is 24.0 Å². The molecule has 1 N–H and O–H groups in total. The third-order valence-corrected chi connectivity index (χ3v) is 8.60. The molecule has 176 valence electrons. The number of amides is 2. The Hall–Kier alpha value is -2.41. The van der Waals surface area contributed by atoms with Gasteiger partial charge in [0.2, 0.25) is 0 Å². The molecule has 2 amide bonds. The topological polar surface area (TPSA) is 71.5 Å². The molecule has 1 aromatic carbocycles. The van der Waals surface area contributed by atoms with Crippen LogP contribution >= 0.6 is 11.3 Å². The summed E-state index contributed by atoms with van der Waals surface area (Å²) in [6.45, 7) is 1.47. The predicted molar refractivity (Wildman–Crippen MR) is 129 cm³/mol. The lowest BCUT2D eigenvalue weighted by Crippen LogP contribution is -2.43. The fourth-order valence-electron chi connectivity index (χ4n) is 5.42. The smallest absolute Gasteiger partial charge is 0.271 e. The third-order valence-electron chi connectivity index (χ3n) is 7.59. The van der Waals surface area contributed by atoms with Crippen molar-refractivity contribution in [1.29, 1.82) is 0 Å². The number of hydrogen-bond donors (Lipinski definition) is 1. The molecule has 1 saturated heterocycles. The Kier molecular flexibility index (Phi) is 6.67. The van der Waals surface area contributed by atoms with Gasteiger partial charge in [0, 0.05) is 29.9 Å². The van der Waals surface area contributed by atoms with Gasteiger partial charge in [0.05, 0.1) is 5.01 Å². The molecule has 3 fully saturated rings. The Bertz CT molecular complexity index is 958. The Balaban J connectivity index is 1.10. The number of aromatic nitrogens is 1. The highest BCUT2D eigenvalue weighted by Gasteiger charge is 2.50. The number of carbonyl (C=O) groups excluding carboxylic acids is 2. The number of nitrogens with one attached hydrogen (secondary N) is 1. The molecule has 0 atom stereocenters. The average Bonchev–Trinajstić information content (AvgIpc) is 3.48. The van der Waals surface area contributed by atoms with Crippen LogP contribution in [0.3, 0.4) is 0 Å². The lowest BCUT2D eigenvalue weighted by molar-refractivity contribution is -0.134. The molecule has 3 aliphatic rings. The van der Waals surface area contributed by atoms with Gasteiger partial charge in [0.25, 0.3) is 11.8 Å². The van der Waals surface area contributed by atoms with Gasteiger partial charge in [-0.05, 0) is 56.6 Å². The maximum Gasteiger partial charge on any atom is 0.271 e. The number of nitrogens with zero attached hydrogens (tertiary/aromatic N) is 2. The minimum atomic E-state index is -0.00810. The number of para-hydroxylation sites is 1. The SMILES string of the molecule is O=C(NC1(C2CCCCC2)CC1)c1csc(C2CCN(C(=O)COc3ccccc3)CC2)n1. The van der Waals surface area contributed by atoms with Crippen molar-refractivity contribution in [2.24, 2.45) is 5.92 Å². The quantitative estimate of drug-likeness (QED) is 0.637. The molecule has 1 aliphatic heterocycles. The summed E-state index contributed by atoms with van der Waals surface area (Å²) in [6, 6.07) is 9.43. The number of hydrogen-bond acceptors (Lipinski definition) is 5. The van der Waals surface area contributed by atoms with E-state index >= 15 is 0 Å². The third kappa shape index (κ3) is 5.24. The number of piperidine rings is 1. The minimum Gasteiger partial charge on any atom is -0.484 e. The fraction of sp³-hybridized carbons (Fsp3) is 0.577. The lowest BCUT2D eigenvalue weighted by Gasteiger charge is -2.31. The molecule has 7 heteroatoms. The van der Waals surface area contributed by atoms with Crippen LogP contribution in [-0.2, 0) is 4.79 Å². The van der Waals surface area contributed by atoms with Crippen molar-refractivity contribution in [3.63, 3.8) is 0 Å². The molecular formula is C26H33N3O3S. The molecule has 2 saturated carbocycles. The Labute approximate surface area is 199 Å². The van der Waals surface area contributed by atoms with Gasteiger partial charge in [-0.3, -0.25) is 9.59 Å². The molecule has 0 spiro atoms. The molecule has 1 aromatic heterocycles. The number of rotatable bonds is 7. The summed E-state index contributed by atoms with van der Waals surface area (Å²) in [4.78, 5) is 32.0. The van der Waals surface area contributed by atoms with Crippen LogP contribution in [0.5, 0.6) is 5.75 Å². The molecule has 0 radical (unpaired) electrons. The van der Waals surface area contributed by atoms with Gasteiger partial charge in [0.15, 0.2) is 6.61 Å². The first-order valence-electron chi connectivity index (χ1n) is 12.4. The number of benzene rings is 1. The average molecular weight is 468 g/mol. The summed E-state index contributed by atoms with van der Waals surface area (Å²) in [5.41, 5.74) is 0.598. The minimum absolute atomic E-state index is 0.00810. The van der Waals surface area contributed by atoms with E-state index in [4.69, 9.17) is 9.72 Å². The molecule has 2 aromatic rings. The summed E-state index contributed by atoms with van der Waals surface area (Å²) in [5.74, 6) is 1.68. The number of carbonyl (C=O) groups is 2. The second-order valence-corrected chi connectivity index (χ2v) is 10.7. The van der Waals surface area contributed by atoms with E-state index < -0.39 is 0 Å². The second kappa shape index (κ2) is 9.84. The zero-order valence-electron chi connectivity index (χ0n) is 19.1. The van der Waals surface area contributed by atoms with Crippen molar-refractivity contribution >= 4 is 23.2 Å². The van der Waals surface area contributed by atoms with Crippen molar-refractivity contribution in [2.75, 3.05) is 19.7 Å². The number of ether oxygens (including phenoxy) is 1. The molecule has 33 heavy (non-hydrogen) atoms. The van der Waals surface area contributed by atoms with Crippen LogP contribution in [0.4, 0.5) is 0 Å². The van der Waals surface area contributed by atoms with E-state index in [9.17, 15) is 9.59 Å². The van der Waals surface area contributed by atoms with Crippen molar-refractivity contribution < 1.29 is 14.3 Å². The zero-order chi connectivity index (χ0) is 22.7. The van der Waals surface area contributed by atoms with Crippen LogP contribution < -0.4 is 10.1 Å². The van der Waals surface area contributed by atoms with Gasteiger partial charge in [-0.25, -0.2) is 4.98 Å². The molecule has 6 nitrogen and oxygen atoms in total. The van der Waals surface area contributed by atoms with Crippen molar-refractivity contribution in [3.05, 3.63) is 46.4 Å². The van der Waals surface area contributed by atoms with Gasteiger partial charge >= 0.3 is 0 Å². The van der Waals surface area contributed by atoms with Crippen LogP contribution in [0, 0.1) is 5.92 Å². The van der Waals surface area contributed by atoms with Gasteiger partial charge in [-0.2, -0.15) is 0 Å². The molecule has 5 rings (SSSR count). The number of likely N-dealkylation sites (tertiary alicyclic amines) is 1. The largest absolute Gasteiger partial charge is 0.484 e. The summed E-state index contributed by atoms with van der Waals surface area (Å²) >= 11 is 1.58. The van der Waals surface area contributed by atoms with E-state index in [1.165, 1.54) is 32.1 Å². The normalized spacial score (nSPS) is 20.9. The molecule has 0 bridgehead atoms. The highest BCUT2D eigenvalue weighted by atomic mass is 32.1. The highest BCUT2D eigenvalue weighted by Crippen LogP contribution is 2.48. The van der Waals surface area contributed by atoms with Crippen molar-refractivity contribution in [1.82, 2.24) is 15.2 Å². The maximum atomic E-state index is 12.9. The second-order valence-electron chi connectivity index (χ2n) is 9.77. The summed E-state index contributed by atoms with van der Waals surface area (Å²) in [7, 11) is 0. The highest BCUT2D eigenvalue weighted by molar-refractivity contribution is 7.09. The van der Waals surface area contributed by atoms with Crippen LogP contribution in [-0.4, -0.2) is 46.9 Å². The van der Waals surface area contributed by atoms with Crippen LogP contribution in [0.1, 0.15) is 79.2 Å². The van der Waals surface area contributed by atoms with Gasteiger partial charge in [-0.15, -0.1) is 11.3 Å².